The lowest BCUT2D eigenvalue weighted by atomic mass is 9.98. The average Bonchev–Trinajstić information content (AvgIpc) is 2.93. The Hall–Kier alpha value is -4.50. The molecule has 0 saturated carbocycles. The van der Waals surface area contributed by atoms with E-state index >= 15 is 0 Å². The lowest BCUT2D eigenvalue weighted by Crippen LogP contribution is -2.36. The second kappa shape index (κ2) is 10.2. The molecule has 0 radical (unpaired) electrons. The van der Waals surface area contributed by atoms with Crippen molar-refractivity contribution in [3.63, 3.8) is 0 Å². The number of pyridine rings is 1. The number of esters is 1. The molecule has 37 heavy (non-hydrogen) atoms. The third-order valence-electron chi connectivity index (χ3n) is 6.07. The molecule has 0 aliphatic rings. The Balaban J connectivity index is 1.73. The lowest BCUT2D eigenvalue weighted by molar-refractivity contribution is -0.572. The van der Waals surface area contributed by atoms with Gasteiger partial charge in [-0.25, -0.2) is 4.79 Å². The first-order valence-corrected chi connectivity index (χ1v) is 12.5. The molecule has 0 aliphatic heterocycles. The van der Waals surface area contributed by atoms with Crippen molar-refractivity contribution >= 4 is 5.97 Å². The van der Waals surface area contributed by atoms with E-state index in [0.29, 0.717) is 5.56 Å². The number of rotatable bonds is 5. The fraction of sp³-hybridized carbons (Fsp3) is 0.118. The summed E-state index contributed by atoms with van der Waals surface area (Å²) in [5.41, 5.74) is 7.58. The number of hydrogen-bond donors (Lipinski definition) is 0. The molecule has 1 aromatic heterocycles. The Morgan fingerprint density at radius 3 is 1.43 bits per heavy atom. The summed E-state index contributed by atoms with van der Waals surface area (Å²) in [6.07, 6.45) is 0. The van der Waals surface area contributed by atoms with Gasteiger partial charge in [-0.05, 0) is 68.3 Å². The molecule has 5 aromatic rings. The molecule has 0 saturated heterocycles. The topological polar surface area (TPSA) is 30.2 Å². The van der Waals surface area contributed by atoms with Gasteiger partial charge in [-0.1, -0.05) is 66.7 Å². The van der Waals surface area contributed by atoms with Crippen LogP contribution in [-0.4, -0.2) is 11.6 Å². The van der Waals surface area contributed by atoms with Gasteiger partial charge >= 0.3 is 5.97 Å². The molecule has 0 bridgehead atoms. The molecule has 0 atom stereocenters. The number of carbonyl (C=O) groups is 1. The SMILES string of the molecule is CC(C)(C)OC(=O)c1ccc(-[n+]2c(-c3ccccc3)cc(-c3ccccc3)cc2-c2ccccc2)cc1. The van der Waals surface area contributed by atoms with Gasteiger partial charge in [-0.2, -0.15) is 4.57 Å². The van der Waals surface area contributed by atoms with E-state index in [1.807, 2.05) is 63.2 Å². The minimum absolute atomic E-state index is 0.324. The fourth-order valence-corrected chi connectivity index (χ4v) is 4.40. The van der Waals surface area contributed by atoms with Crippen LogP contribution in [0.3, 0.4) is 0 Å². The largest absolute Gasteiger partial charge is 0.456 e. The summed E-state index contributed by atoms with van der Waals surface area (Å²) in [5.74, 6) is -0.324. The van der Waals surface area contributed by atoms with E-state index in [9.17, 15) is 4.79 Å². The van der Waals surface area contributed by atoms with E-state index in [-0.39, 0.29) is 5.97 Å². The van der Waals surface area contributed by atoms with Gasteiger partial charge in [-0.3, -0.25) is 0 Å². The maximum absolute atomic E-state index is 12.7. The van der Waals surface area contributed by atoms with Gasteiger partial charge in [0.15, 0.2) is 0 Å². The Kier molecular flexibility index (Phi) is 6.70. The van der Waals surface area contributed by atoms with Gasteiger partial charge in [0.2, 0.25) is 17.1 Å². The maximum atomic E-state index is 12.7. The van der Waals surface area contributed by atoms with Crippen molar-refractivity contribution in [3.8, 4) is 39.3 Å². The molecular weight excluding hydrogens is 454 g/mol. The minimum Gasteiger partial charge on any atom is -0.456 e. The van der Waals surface area contributed by atoms with Crippen molar-refractivity contribution in [2.75, 3.05) is 0 Å². The molecule has 0 unspecified atom stereocenters. The van der Waals surface area contributed by atoms with Crippen molar-refractivity contribution in [3.05, 3.63) is 133 Å². The highest BCUT2D eigenvalue weighted by Gasteiger charge is 2.25. The number of hydrogen-bond acceptors (Lipinski definition) is 2. The molecule has 0 spiro atoms. The molecular formula is C34H30NO2+. The summed E-state index contributed by atoms with van der Waals surface area (Å²) in [6, 6.07) is 43.4. The van der Waals surface area contributed by atoms with Crippen molar-refractivity contribution in [2.24, 2.45) is 0 Å². The number of benzene rings is 4. The zero-order chi connectivity index (χ0) is 25.8. The first-order chi connectivity index (χ1) is 17.9. The van der Waals surface area contributed by atoms with Gasteiger partial charge in [0.25, 0.3) is 0 Å². The van der Waals surface area contributed by atoms with Crippen LogP contribution in [0.1, 0.15) is 31.1 Å². The van der Waals surface area contributed by atoms with Gasteiger partial charge in [0.05, 0.1) is 5.56 Å². The molecule has 1 heterocycles. The van der Waals surface area contributed by atoms with E-state index in [4.69, 9.17) is 4.74 Å². The Morgan fingerprint density at radius 2 is 1.00 bits per heavy atom. The summed E-state index contributed by atoms with van der Waals surface area (Å²) in [6.45, 7) is 5.63. The van der Waals surface area contributed by atoms with Crippen molar-refractivity contribution in [2.45, 2.75) is 26.4 Å². The summed E-state index contributed by atoms with van der Waals surface area (Å²) in [7, 11) is 0. The average molecular weight is 485 g/mol. The lowest BCUT2D eigenvalue weighted by Gasteiger charge is -2.19. The quantitative estimate of drug-likeness (QED) is 0.187. The van der Waals surface area contributed by atoms with E-state index in [1.54, 1.807) is 0 Å². The number of carbonyl (C=O) groups excluding carboxylic acids is 1. The first kappa shape index (κ1) is 24.2. The van der Waals surface area contributed by atoms with Crippen LogP contribution in [0.25, 0.3) is 39.3 Å². The van der Waals surface area contributed by atoms with Gasteiger partial charge in [0.1, 0.15) is 5.60 Å². The third kappa shape index (κ3) is 5.52. The predicted molar refractivity (Wildman–Crippen MR) is 149 cm³/mol. The maximum Gasteiger partial charge on any atom is 0.338 e. The zero-order valence-electron chi connectivity index (χ0n) is 21.4. The van der Waals surface area contributed by atoms with Crippen molar-refractivity contribution < 1.29 is 14.1 Å². The van der Waals surface area contributed by atoms with Crippen LogP contribution in [0.5, 0.6) is 0 Å². The van der Waals surface area contributed by atoms with Crippen molar-refractivity contribution in [1.29, 1.82) is 0 Å². The van der Waals surface area contributed by atoms with Crippen LogP contribution in [0, 0.1) is 0 Å². The number of aromatic nitrogens is 1. The second-order valence-corrected chi connectivity index (χ2v) is 10.00. The van der Waals surface area contributed by atoms with Crippen molar-refractivity contribution in [1.82, 2.24) is 0 Å². The van der Waals surface area contributed by atoms with Crippen LogP contribution in [0.4, 0.5) is 0 Å². The van der Waals surface area contributed by atoms with Crippen LogP contribution in [-0.2, 0) is 4.74 Å². The van der Waals surface area contributed by atoms with Crippen LogP contribution in [0.15, 0.2) is 127 Å². The molecule has 4 aromatic carbocycles. The number of ether oxygens (including phenoxy) is 1. The van der Waals surface area contributed by atoms with E-state index in [2.05, 4.69) is 89.5 Å². The van der Waals surface area contributed by atoms with Crippen LogP contribution in [0.2, 0.25) is 0 Å². The Bertz CT molecular complexity index is 1440. The Labute approximate surface area is 218 Å². The first-order valence-electron chi connectivity index (χ1n) is 12.5. The fourth-order valence-electron chi connectivity index (χ4n) is 4.40. The van der Waals surface area contributed by atoms with Gasteiger partial charge in [-0.15, -0.1) is 0 Å². The number of nitrogens with zero attached hydrogens (tertiary/aromatic N) is 1. The van der Waals surface area contributed by atoms with E-state index < -0.39 is 5.60 Å². The third-order valence-corrected chi connectivity index (χ3v) is 6.07. The molecule has 0 aliphatic carbocycles. The normalized spacial score (nSPS) is 11.2. The highest BCUT2D eigenvalue weighted by Crippen LogP contribution is 2.30. The minimum atomic E-state index is -0.543. The molecule has 5 rings (SSSR count). The highest BCUT2D eigenvalue weighted by molar-refractivity contribution is 5.89. The summed E-state index contributed by atoms with van der Waals surface area (Å²) < 4.78 is 7.83. The molecule has 3 nitrogen and oxygen atoms in total. The second-order valence-electron chi connectivity index (χ2n) is 10.00. The standard InChI is InChI=1S/C34H30NO2/c1-34(2,3)37-33(36)28-19-21-30(22-20-28)35-31(26-15-9-5-10-16-26)23-29(25-13-7-4-8-14-25)24-32(35)27-17-11-6-12-18-27/h4-24H,1-3H3/q+1. The van der Waals surface area contributed by atoms with Crippen LogP contribution >= 0.6 is 0 Å². The smallest absolute Gasteiger partial charge is 0.338 e. The van der Waals surface area contributed by atoms with Gasteiger partial charge < -0.3 is 4.74 Å². The zero-order valence-corrected chi connectivity index (χ0v) is 21.4. The highest BCUT2D eigenvalue weighted by atomic mass is 16.6. The molecule has 0 amide bonds. The summed E-state index contributed by atoms with van der Waals surface area (Å²) in [5, 5.41) is 0. The molecule has 0 fully saturated rings. The predicted octanol–water partition coefficient (Wildman–Crippen LogP) is 7.92. The molecule has 182 valence electrons. The molecule has 3 heteroatoms. The molecule has 0 N–H and O–H groups in total. The summed E-state index contributed by atoms with van der Waals surface area (Å²) >= 11 is 0. The monoisotopic (exact) mass is 484 g/mol. The van der Waals surface area contributed by atoms with Crippen LogP contribution < -0.4 is 4.57 Å². The van der Waals surface area contributed by atoms with Gasteiger partial charge in [0, 0.05) is 35.4 Å². The van der Waals surface area contributed by atoms with E-state index in [1.165, 1.54) is 0 Å². The Morgan fingerprint density at radius 1 is 0.568 bits per heavy atom. The van der Waals surface area contributed by atoms with E-state index in [0.717, 1.165) is 39.3 Å². The summed E-state index contributed by atoms with van der Waals surface area (Å²) in [4.78, 5) is 12.7.